The molecule has 0 aliphatic heterocycles. The lowest BCUT2D eigenvalue weighted by Gasteiger charge is -2.08. The van der Waals surface area contributed by atoms with Crippen molar-refractivity contribution in [3.05, 3.63) is 29.8 Å². The van der Waals surface area contributed by atoms with Crippen molar-refractivity contribution >= 4 is 10.0 Å². The number of aryl methyl sites for hydroxylation is 1. The predicted octanol–water partition coefficient (Wildman–Crippen LogP) is 1.71. The van der Waals surface area contributed by atoms with Crippen molar-refractivity contribution < 1.29 is 18.3 Å². The first-order chi connectivity index (χ1) is 10.1. The Hall–Kier alpha value is -0.950. The van der Waals surface area contributed by atoms with E-state index in [9.17, 15) is 8.42 Å². The summed E-state index contributed by atoms with van der Waals surface area (Å²) in [5.41, 5.74) is 1.02. The van der Waals surface area contributed by atoms with E-state index in [1.54, 1.807) is 24.3 Å². The van der Waals surface area contributed by atoms with Crippen LogP contribution < -0.4 is 4.72 Å². The average molecular weight is 315 g/mol. The quantitative estimate of drug-likeness (QED) is 0.610. The fraction of sp³-hybridized carbons (Fsp3) is 0.600. The Morgan fingerprint density at radius 1 is 1.14 bits per heavy atom. The van der Waals surface area contributed by atoms with E-state index in [2.05, 4.69) is 4.72 Å². The second-order valence-electron chi connectivity index (χ2n) is 4.83. The molecule has 0 fully saturated rings. The molecule has 0 saturated heterocycles. The zero-order chi connectivity index (χ0) is 15.6. The second-order valence-corrected chi connectivity index (χ2v) is 6.60. The van der Waals surface area contributed by atoms with Gasteiger partial charge in [0.2, 0.25) is 10.0 Å². The summed E-state index contributed by atoms with van der Waals surface area (Å²) < 4.78 is 32.0. The van der Waals surface area contributed by atoms with Crippen molar-refractivity contribution in [1.82, 2.24) is 4.72 Å². The lowest BCUT2D eigenvalue weighted by Crippen LogP contribution is -2.25. The minimum absolute atomic E-state index is 0.141. The molecule has 6 heteroatoms. The largest absolute Gasteiger partial charge is 0.396 e. The van der Waals surface area contributed by atoms with Gasteiger partial charge in [-0.25, -0.2) is 13.1 Å². The molecular weight excluding hydrogens is 290 g/mol. The summed E-state index contributed by atoms with van der Waals surface area (Å²) in [6.07, 6.45) is 3.06. The Morgan fingerprint density at radius 2 is 1.86 bits per heavy atom. The topological polar surface area (TPSA) is 75.6 Å². The Labute approximate surface area is 127 Å². The number of sulfonamides is 1. The predicted molar refractivity (Wildman–Crippen MR) is 82.8 cm³/mol. The number of benzene rings is 1. The van der Waals surface area contributed by atoms with Gasteiger partial charge in [0.25, 0.3) is 0 Å². The standard InChI is InChI=1S/C15H25NO4S/c1-2-12-20-13-4-10-16-21(18,19)15-8-6-14(7-9-15)5-3-11-17/h6-9,16-17H,2-5,10-13H2,1H3. The fourth-order valence-electron chi connectivity index (χ4n) is 1.83. The van der Waals surface area contributed by atoms with E-state index in [-0.39, 0.29) is 11.5 Å². The lowest BCUT2D eigenvalue weighted by molar-refractivity contribution is 0.133. The number of aliphatic hydroxyl groups is 1. The van der Waals surface area contributed by atoms with E-state index >= 15 is 0 Å². The molecule has 0 amide bonds. The highest BCUT2D eigenvalue weighted by Gasteiger charge is 2.12. The van der Waals surface area contributed by atoms with Gasteiger partial charge in [0.1, 0.15) is 0 Å². The van der Waals surface area contributed by atoms with Crippen molar-refractivity contribution in [1.29, 1.82) is 0 Å². The van der Waals surface area contributed by atoms with E-state index in [0.29, 0.717) is 32.6 Å². The van der Waals surface area contributed by atoms with Crippen LogP contribution in [0.5, 0.6) is 0 Å². The van der Waals surface area contributed by atoms with Gasteiger partial charge in [-0.2, -0.15) is 0 Å². The van der Waals surface area contributed by atoms with E-state index < -0.39 is 10.0 Å². The van der Waals surface area contributed by atoms with Crippen LogP contribution in [0.25, 0.3) is 0 Å². The molecule has 0 atom stereocenters. The van der Waals surface area contributed by atoms with Gasteiger partial charge in [0.05, 0.1) is 4.90 Å². The third kappa shape index (κ3) is 7.04. The third-order valence-corrected chi connectivity index (χ3v) is 4.44. The highest BCUT2D eigenvalue weighted by Crippen LogP contribution is 2.11. The van der Waals surface area contributed by atoms with Crippen molar-refractivity contribution in [2.24, 2.45) is 0 Å². The molecule has 0 bridgehead atoms. The van der Waals surface area contributed by atoms with Crippen LogP contribution in [0.3, 0.4) is 0 Å². The van der Waals surface area contributed by atoms with Gasteiger partial charge in [-0.3, -0.25) is 0 Å². The van der Waals surface area contributed by atoms with Crippen molar-refractivity contribution in [3.8, 4) is 0 Å². The zero-order valence-corrected chi connectivity index (χ0v) is 13.4. The van der Waals surface area contributed by atoms with Crippen molar-refractivity contribution in [2.75, 3.05) is 26.4 Å². The highest BCUT2D eigenvalue weighted by molar-refractivity contribution is 7.89. The summed E-state index contributed by atoms with van der Waals surface area (Å²) >= 11 is 0. The van der Waals surface area contributed by atoms with Crippen LogP contribution in [0.1, 0.15) is 31.7 Å². The maximum atomic E-state index is 12.1. The summed E-state index contributed by atoms with van der Waals surface area (Å²) in [6.45, 7) is 3.82. The molecule has 0 aliphatic rings. The molecule has 1 aromatic rings. The molecule has 21 heavy (non-hydrogen) atoms. The van der Waals surface area contributed by atoms with E-state index in [0.717, 1.165) is 18.4 Å². The van der Waals surface area contributed by atoms with E-state index in [1.165, 1.54) is 0 Å². The normalized spacial score (nSPS) is 11.7. The summed E-state index contributed by atoms with van der Waals surface area (Å²) in [5, 5.41) is 8.77. The smallest absolute Gasteiger partial charge is 0.240 e. The molecular formula is C15H25NO4S. The summed E-state index contributed by atoms with van der Waals surface area (Å²) in [5.74, 6) is 0. The molecule has 0 aromatic heterocycles. The Morgan fingerprint density at radius 3 is 2.48 bits per heavy atom. The number of ether oxygens (including phenoxy) is 1. The van der Waals surface area contributed by atoms with E-state index in [1.807, 2.05) is 6.92 Å². The molecule has 1 rings (SSSR count). The summed E-state index contributed by atoms with van der Waals surface area (Å²) in [7, 11) is -3.45. The monoisotopic (exact) mass is 315 g/mol. The highest BCUT2D eigenvalue weighted by atomic mass is 32.2. The molecule has 0 saturated carbocycles. The number of nitrogens with one attached hydrogen (secondary N) is 1. The first-order valence-electron chi connectivity index (χ1n) is 7.37. The third-order valence-electron chi connectivity index (χ3n) is 2.96. The first-order valence-corrected chi connectivity index (χ1v) is 8.85. The molecule has 0 heterocycles. The maximum absolute atomic E-state index is 12.1. The SMILES string of the molecule is CCCOCCCNS(=O)(=O)c1ccc(CCCO)cc1. The maximum Gasteiger partial charge on any atom is 0.240 e. The molecule has 0 aliphatic carbocycles. The van der Waals surface area contributed by atoms with Crippen LogP contribution in [-0.2, 0) is 21.2 Å². The van der Waals surface area contributed by atoms with Gasteiger partial charge in [0.15, 0.2) is 0 Å². The zero-order valence-electron chi connectivity index (χ0n) is 12.5. The lowest BCUT2D eigenvalue weighted by atomic mass is 10.1. The Kier molecular flexibility index (Phi) is 8.52. The van der Waals surface area contributed by atoms with Crippen LogP contribution in [0.4, 0.5) is 0 Å². The Balaban J connectivity index is 2.42. The van der Waals surface area contributed by atoms with Gasteiger partial charge in [-0.1, -0.05) is 19.1 Å². The number of hydrogen-bond acceptors (Lipinski definition) is 4. The van der Waals surface area contributed by atoms with Crippen LogP contribution in [-0.4, -0.2) is 39.9 Å². The minimum Gasteiger partial charge on any atom is -0.396 e. The Bertz CT molecular complexity index is 485. The van der Waals surface area contributed by atoms with Crippen LogP contribution >= 0.6 is 0 Å². The number of hydrogen-bond donors (Lipinski definition) is 2. The molecule has 5 nitrogen and oxygen atoms in total. The molecule has 0 spiro atoms. The summed E-state index contributed by atoms with van der Waals surface area (Å²) in [4.78, 5) is 0.268. The first kappa shape index (κ1) is 18.1. The van der Waals surface area contributed by atoms with Gasteiger partial charge in [-0.15, -0.1) is 0 Å². The fourth-order valence-corrected chi connectivity index (χ4v) is 2.90. The van der Waals surface area contributed by atoms with Crippen molar-refractivity contribution in [2.45, 2.75) is 37.5 Å². The molecule has 0 radical (unpaired) electrons. The molecule has 120 valence electrons. The summed E-state index contributed by atoms with van der Waals surface area (Å²) in [6, 6.07) is 6.77. The van der Waals surface area contributed by atoms with Gasteiger partial charge < -0.3 is 9.84 Å². The van der Waals surface area contributed by atoms with Gasteiger partial charge >= 0.3 is 0 Å². The average Bonchev–Trinajstić information content (AvgIpc) is 2.49. The molecule has 0 unspecified atom stereocenters. The molecule has 1 aromatic carbocycles. The van der Waals surface area contributed by atoms with Gasteiger partial charge in [0, 0.05) is 26.4 Å². The number of rotatable bonds is 11. The van der Waals surface area contributed by atoms with Crippen LogP contribution in [0.15, 0.2) is 29.2 Å². The minimum atomic E-state index is -3.45. The van der Waals surface area contributed by atoms with E-state index in [4.69, 9.17) is 9.84 Å². The molecule has 2 N–H and O–H groups in total. The van der Waals surface area contributed by atoms with Crippen molar-refractivity contribution in [3.63, 3.8) is 0 Å². The van der Waals surface area contributed by atoms with Gasteiger partial charge in [-0.05, 0) is 43.4 Å². The van der Waals surface area contributed by atoms with Crippen LogP contribution in [0, 0.1) is 0 Å². The second kappa shape index (κ2) is 9.89. The number of aliphatic hydroxyl groups excluding tert-OH is 1. The van der Waals surface area contributed by atoms with Crippen LogP contribution in [0.2, 0.25) is 0 Å².